The third-order valence-electron chi connectivity index (χ3n) is 3.09. The molecule has 0 radical (unpaired) electrons. The van der Waals surface area contributed by atoms with Crippen molar-refractivity contribution < 1.29 is 0 Å². The van der Waals surface area contributed by atoms with Crippen LogP contribution in [0, 0.1) is 0 Å². The lowest BCUT2D eigenvalue weighted by Gasteiger charge is -2.17. The zero-order chi connectivity index (χ0) is 11.4. The van der Waals surface area contributed by atoms with Crippen LogP contribution in [0.1, 0.15) is 12.0 Å². The third kappa shape index (κ3) is 3.61. The molecule has 1 aliphatic heterocycles. The molecule has 1 saturated heterocycles. The lowest BCUT2D eigenvalue weighted by molar-refractivity contribution is 0.325. The first kappa shape index (κ1) is 12.1. The van der Waals surface area contributed by atoms with Gasteiger partial charge in [0.1, 0.15) is 0 Å². The Morgan fingerprint density at radius 3 is 2.75 bits per heavy atom. The fourth-order valence-corrected chi connectivity index (χ4v) is 3.64. The van der Waals surface area contributed by atoms with Crippen LogP contribution in [0.4, 0.5) is 0 Å². The summed E-state index contributed by atoms with van der Waals surface area (Å²) < 4.78 is 3.75. The van der Waals surface area contributed by atoms with Gasteiger partial charge in [-0.1, -0.05) is 41.9 Å². The van der Waals surface area contributed by atoms with Gasteiger partial charge in [0.2, 0.25) is 0 Å². The van der Waals surface area contributed by atoms with Crippen molar-refractivity contribution >= 4 is 14.4 Å². The molecule has 1 atom stereocenters. The lowest BCUT2D eigenvalue weighted by atomic mass is 10.2. The average Bonchev–Trinajstić information content (AvgIpc) is 2.66. The van der Waals surface area contributed by atoms with E-state index in [2.05, 4.69) is 51.1 Å². The summed E-state index contributed by atoms with van der Waals surface area (Å²) in [6.07, 6.45) is 1.32. The van der Waals surface area contributed by atoms with E-state index in [1.54, 1.807) is 0 Å². The first-order valence-electron chi connectivity index (χ1n) is 6.26. The second-order valence-corrected chi connectivity index (χ2v) is 7.67. The van der Waals surface area contributed by atoms with E-state index in [0.717, 1.165) is 12.6 Å². The van der Waals surface area contributed by atoms with E-state index in [9.17, 15) is 0 Å². The Bertz CT molecular complexity index is 313. The fourth-order valence-electron chi connectivity index (χ4n) is 2.43. The third-order valence-corrected chi connectivity index (χ3v) is 4.23. The van der Waals surface area contributed by atoms with E-state index in [1.807, 2.05) is 0 Å². The van der Waals surface area contributed by atoms with Gasteiger partial charge in [0.15, 0.2) is 0 Å². The number of nitrogens with zero attached hydrogens (tertiary/aromatic N) is 1. The molecule has 3 heteroatoms. The Balaban J connectivity index is 1.81. The van der Waals surface area contributed by atoms with Crippen molar-refractivity contribution in [2.75, 3.05) is 13.1 Å². The van der Waals surface area contributed by atoms with E-state index in [4.69, 9.17) is 0 Å². The highest BCUT2D eigenvalue weighted by atomic mass is 27.2. The molecule has 0 unspecified atom stereocenters. The molecular weight excluding hydrogens is 211 g/mol. The van der Waals surface area contributed by atoms with Crippen molar-refractivity contribution in [3.63, 3.8) is 0 Å². The van der Waals surface area contributed by atoms with Gasteiger partial charge in [0.05, 0.1) is 0 Å². The summed E-state index contributed by atoms with van der Waals surface area (Å²) >= 11 is -0.612. The van der Waals surface area contributed by atoms with Crippen LogP contribution < -0.4 is 4.30 Å². The van der Waals surface area contributed by atoms with E-state index in [1.165, 1.54) is 25.1 Å². The molecule has 0 bridgehead atoms. The van der Waals surface area contributed by atoms with E-state index >= 15 is 0 Å². The van der Waals surface area contributed by atoms with Crippen LogP contribution in [-0.2, 0) is 6.54 Å². The minimum absolute atomic E-state index is 0.612. The minimum Gasteiger partial charge on any atom is -0.395 e. The Kier molecular flexibility index (Phi) is 4.43. The van der Waals surface area contributed by atoms with Crippen LogP contribution in [0.3, 0.4) is 0 Å². The molecule has 2 rings (SSSR count). The molecule has 86 valence electrons. The van der Waals surface area contributed by atoms with Crippen molar-refractivity contribution in [1.29, 1.82) is 0 Å². The van der Waals surface area contributed by atoms with Crippen molar-refractivity contribution in [3.05, 3.63) is 35.9 Å². The van der Waals surface area contributed by atoms with Gasteiger partial charge in [0.25, 0.3) is 0 Å². The number of nitrogens with one attached hydrogen (secondary N) is 1. The molecule has 1 heterocycles. The summed E-state index contributed by atoms with van der Waals surface area (Å²) in [5, 5.41) is 0. The maximum atomic E-state index is 3.75. The van der Waals surface area contributed by atoms with Crippen molar-refractivity contribution in [3.8, 4) is 0 Å². The molecule has 1 aliphatic rings. The van der Waals surface area contributed by atoms with Gasteiger partial charge < -0.3 is 4.30 Å². The Labute approximate surface area is 103 Å². The van der Waals surface area contributed by atoms with Crippen molar-refractivity contribution in [2.24, 2.45) is 0 Å². The summed E-state index contributed by atoms with van der Waals surface area (Å²) in [6.45, 7) is 3.58. The van der Waals surface area contributed by atoms with Crippen LogP contribution >= 0.6 is 0 Å². The highest BCUT2D eigenvalue weighted by molar-refractivity contribution is 6.52. The number of likely N-dealkylation sites (tertiary alicyclic amines) is 1. The molecule has 0 aromatic heterocycles. The van der Waals surface area contributed by atoms with Gasteiger partial charge in [0, 0.05) is 25.7 Å². The van der Waals surface area contributed by atoms with Crippen molar-refractivity contribution in [2.45, 2.75) is 30.6 Å². The van der Waals surface area contributed by atoms with Gasteiger partial charge in [-0.05, 0) is 12.0 Å². The molecule has 0 spiro atoms. The van der Waals surface area contributed by atoms with Gasteiger partial charge in [-0.25, -0.2) is 0 Å². The van der Waals surface area contributed by atoms with Gasteiger partial charge >= 0.3 is 14.4 Å². The smallest absolute Gasteiger partial charge is 0.363 e. The summed E-state index contributed by atoms with van der Waals surface area (Å²) in [7, 11) is 0. The number of hydrogen-bond donors (Lipinski definition) is 1. The minimum atomic E-state index is -0.612. The predicted octanol–water partition coefficient (Wildman–Crippen LogP) is 2.10. The molecular formula is C13H21AlN2. The molecule has 0 amide bonds. The van der Waals surface area contributed by atoms with Gasteiger partial charge in [-0.15, -0.1) is 0 Å². The Morgan fingerprint density at radius 1 is 1.31 bits per heavy atom. The largest absolute Gasteiger partial charge is 0.395 e. The number of hydrogen-bond acceptors (Lipinski definition) is 2. The zero-order valence-corrected chi connectivity index (χ0v) is 11.5. The van der Waals surface area contributed by atoms with Gasteiger partial charge in [-0.3, -0.25) is 4.90 Å². The number of rotatable bonds is 4. The fraction of sp³-hybridized carbons (Fsp3) is 0.538. The standard InChI is InChI=1S/C11H15N2.2CH3.Al/c12-11-6-7-13(9-11)8-10-4-2-1-3-5-10;;;/h1-5,11-12H,6-9H2;2*1H3;/q-1;;;+1/t11-;;;/m1.../s1. The highest BCUT2D eigenvalue weighted by Crippen LogP contribution is 2.13. The first-order valence-corrected chi connectivity index (χ1v) is 9.15. The maximum Gasteiger partial charge on any atom is 0.363 e. The summed E-state index contributed by atoms with van der Waals surface area (Å²) in [5.41, 5.74) is 1.44. The summed E-state index contributed by atoms with van der Waals surface area (Å²) in [5.74, 6) is 4.72. The normalized spacial score (nSPS) is 21.2. The molecule has 0 aliphatic carbocycles. The molecule has 0 saturated carbocycles. The van der Waals surface area contributed by atoms with Crippen LogP contribution in [-0.4, -0.2) is 38.4 Å². The Morgan fingerprint density at radius 2 is 2.06 bits per heavy atom. The molecule has 1 aromatic rings. The van der Waals surface area contributed by atoms with Crippen molar-refractivity contribution in [1.82, 2.24) is 9.20 Å². The molecule has 16 heavy (non-hydrogen) atoms. The summed E-state index contributed by atoms with van der Waals surface area (Å²) in [4.78, 5) is 2.56. The van der Waals surface area contributed by atoms with E-state index in [0.29, 0.717) is 0 Å². The van der Waals surface area contributed by atoms with Crippen LogP contribution in [0.15, 0.2) is 30.3 Å². The zero-order valence-electron chi connectivity index (χ0n) is 10.3. The molecule has 1 N–H and O–H groups in total. The Hall–Kier alpha value is -0.328. The number of benzene rings is 1. The quantitative estimate of drug-likeness (QED) is 0.800. The molecule has 1 aromatic carbocycles. The highest BCUT2D eigenvalue weighted by Gasteiger charge is 2.23. The topological polar surface area (TPSA) is 15.3 Å². The van der Waals surface area contributed by atoms with E-state index in [-0.39, 0.29) is 0 Å². The maximum absolute atomic E-state index is 3.75. The van der Waals surface area contributed by atoms with Crippen LogP contribution in [0.25, 0.3) is 0 Å². The van der Waals surface area contributed by atoms with Crippen LogP contribution in [0.2, 0.25) is 11.6 Å². The average molecular weight is 232 g/mol. The predicted molar refractivity (Wildman–Crippen MR) is 70.7 cm³/mol. The second-order valence-electron chi connectivity index (χ2n) is 5.03. The van der Waals surface area contributed by atoms with Crippen LogP contribution in [0.5, 0.6) is 0 Å². The summed E-state index contributed by atoms with van der Waals surface area (Å²) in [6, 6.07) is 11.5. The first-order chi connectivity index (χ1) is 7.74. The van der Waals surface area contributed by atoms with Gasteiger partial charge in [-0.2, -0.15) is 0 Å². The monoisotopic (exact) mass is 232 g/mol. The second kappa shape index (κ2) is 5.84. The van der Waals surface area contributed by atoms with E-state index < -0.39 is 14.4 Å². The molecule has 1 fully saturated rings. The lowest BCUT2D eigenvalue weighted by Crippen LogP contribution is -2.39. The SMILES string of the molecule is [CH3][Al]([CH3])[NH][C@@H]1CCN(Cc2ccccc2)C1. The molecule has 2 nitrogen and oxygen atoms in total.